The van der Waals surface area contributed by atoms with Gasteiger partial charge in [-0.2, -0.15) is 0 Å². The molecule has 3 atom stereocenters. The Morgan fingerprint density at radius 1 is 1.50 bits per heavy atom. The van der Waals surface area contributed by atoms with Crippen molar-refractivity contribution in [2.45, 2.75) is 46.0 Å². The van der Waals surface area contributed by atoms with E-state index in [1.165, 1.54) is 25.7 Å². The van der Waals surface area contributed by atoms with Gasteiger partial charge in [0.05, 0.1) is 12.5 Å². The zero-order valence-electron chi connectivity index (χ0n) is 9.21. The summed E-state index contributed by atoms with van der Waals surface area (Å²) in [5.74, 6) is 1.09. The second-order valence-corrected chi connectivity index (χ2v) is 5.25. The number of ether oxygens (including phenoxy) is 1. The Kier molecular flexibility index (Phi) is 2.54. The molecule has 0 amide bonds. The van der Waals surface area contributed by atoms with E-state index in [-0.39, 0.29) is 17.3 Å². The molecule has 0 aromatic rings. The van der Waals surface area contributed by atoms with Crippen molar-refractivity contribution in [2.75, 3.05) is 6.61 Å². The normalized spacial score (nSPS) is 42.0. The second kappa shape index (κ2) is 3.56. The highest BCUT2D eigenvalue weighted by molar-refractivity contribution is 5.75. The van der Waals surface area contributed by atoms with Gasteiger partial charge in [0.2, 0.25) is 0 Å². The smallest absolute Gasteiger partial charge is 0.309 e. The molecule has 0 aromatic heterocycles. The molecular weight excluding hydrogens is 176 g/mol. The maximum Gasteiger partial charge on any atom is 0.309 e. The summed E-state index contributed by atoms with van der Waals surface area (Å²) in [5, 5.41) is 0. The highest BCUT2D eigenvalue weighted by Gasteiger charge is 2.49. The lowest BCUT2D eigenvalue weighted by molar-refractivity contribution is -0.141. The van der Waals surface area contributed by atoms with Crippen LogP contribution >= 0.6 is 0 Å². The molecule has 1 saturated heterocycles. The number of carbonyl (C=O) groups is 1. The Hall–Kier alpha value is -0.530. The van der Waals surface area contributed by atoms with E-state index >= 15 is 0 Å². The average molecular weight is 196 g/mol. The molecule has 0 N–H and O–H groups in total. The minimum Gasteiger partial charge on any atom is -0.465 e. The molecule has 1 saturated carbocycles. The van der Waals surface area contributed by atoms with Gasteiger partial charge >= 0.3 is 5.97 Å². The molecule has 2 heteroatoms. The van der Waals surface area contributed by atoms with Crippen LogP contribution in [0.2, 0.25) is 0 Å². The van der Waals surface area contributed by atoms with Crippen LogP contribution in [-0.4, -0.2) is 12.6 Å². The van der Waals surface area contributed by atoms with Gasteiger partial charge in [-0.25, -0.2) is 0 Å². The zero-order valence-corrected chi connectivity index (χ0v) is 9.21. The highest BCUT2D eigenvalue weighted by Crippen LogP contribution is 2.48. The van der Waals surface area contributed by atoms with E-state index in [4.69, 9.17) is 4.74 Å². The molecule has 0 spiro atoms. The first kappa shape index (κ1) is 10.0. The minimum absolute atomic E-state index is 0.0578. The molecular formula is C12H20O2. The molecule has 1 aliphatic heterocycles. The van der Waals surface area contributed by atoms with Gasteiger partial charge in [-0.3, -0.25) is 4.79 Å². The van der Waals surface area contributed by atoms with Crippen molar-refractivity contribution < 1.29 is 9.53 Å². The third-order valence-corrected chi connectivity index (χ3v) is 3.99. The summed E-state index contributed by atoms with van der Waals surface area (Å²) in [6.45, 7) is 5.13. The maximum absolute atomic E-state index is 11.5. The number of rotatable bonds is 2. The first-order valence-corrected chi connectivity index (χ1v) is 5.82. The number of carbonyl (C=O) groups excluding carboxylic acids is 1. The van der Waals surface area contributed by atoms with E-state index < -0.39 is 0 Å². The van der Waals surface area contributed by atoms with Gasteiger partial charge in [-0.15, -0.1) is 0 Å². The Morgan fingerprint density at radius 3 is 3.00 bits per heavy atom. The number of esters is 1. The lowest BCUT2D eigenvalue weighted by Crippen LogP contribution is -2.34. The molecule has 0 bridgehead atoms. The topological polar surface area (TPSA) is 26.3 Å². The Bertz CT molecular complexity index is 236. The van der Waals surface area contributed by atoms with Gasteiger partial charge < -0.3 is 4.74 Å². The van der Waals surface area contributed by atoms with Crippen LogP contribution in [0, 0.1) is 17.3 Å². The van der Waals surface area contributed by atoms with Crippen LogP contribution in [0.5, 0.6) is 0 Å². The molecule has 2 fully saturated rings. The van der Waals surface area contributed by atoms with E-state index in [9.17, 15) is 4.79 Å². The fourth-order valence-corrected chi connectivity index (χ4v) is 3.21. The SMILES string of the molecule is CCCC1CCC2C(=O)OCC2(C)C1. The fourth-order valence-electron chi connectivity index (χ4n) is 3.21. The summed E-state index contributed by atoms with van der Waals surface area (Å²) in [5.41, 5.74) is 0.162. The number of fused-ring (bicyclic) bond motifs is 1. The molecule has 14 heavy (non-hydrogen) atoms. The van der Waals surface area contributed by atoms with Crippen molar-refractivity contribution in [3.8, 4) is 0 Å². The monoisotopic (exact) mass is 196 g/mol. The van der Waals surface area contributed by atoms with Gasteiger partial charge in [0.25, 0.3) is 0 Å². The van der Waals surface area contributed by atoms with Crippen molar-refractivity contribution in [3.05, 3.63) is 0 Å². The molecule has 0 radical (unpaired) electrons. The van der Waals surface area contributed by atoms with Crippen LogP contribution in [0.1, 0.15) is 46.0 Å². The van der Waals surface area contributed by atoms with Crippen molar-refractivity contribution in [1.82, 2.24) is 0 Å². The molecule has 1 aliphatic carbocycles. The summed E-state index contributed by atoms with van der Waals surface area (Å²) in [7, 11) is 0. The molecule has 2 aliphatic rings. The lowest BCUT2D eigenvalue weighted by Gasteiger charge is -2.37. The molecule has 0 aromatic carbocycles. The molecule has 3 unspecified atom stereocenters. The Labute approximate surface area is 86.0 Å². The van der Waals surface area contributed by atoms with Gasteiger partial charge in [0.1, 0.15) is 0 Å². The molecule has 2 nitrogen and oxygen atoms in total. The summed E-state index contributed by atoms with van der Waals surface area (Å²) in [6, 6.07) is 0. The Balaban J connectivity index is 2.04. The van der Waals surface area contributed by atoms with Crippen LogP contribution in [0.3, 0.4) is 0 Å². The van der Waals surface area contributed by atoms with Crippen LogP contribution in [0.25, 0.3) is 0 Å². The number of cyclic esters (lactones) is 1. The lowest BCUT2D eigenvalue weighted by atomic mass is 9.65. The summed E-state index contributed by atoms with van der Waals surface area (Å²) < 4.78 is 5.19. The van der Waals surface area contributed by atoms with Crippen molar-refractivity contribution in [2.24, 2.45) is 17.3 Å². The van der Waals surface area contributed by atoms with Crippen molar-refractivity contribution in [1.29, 1.82) is 0 Å². The predicted molar refractivity (Wildman–Crippen MR) is 54.8 cm³/mol. The first-order chi connectivity index (χ1) is 6.65. The van der Waals surface area contributed by atoms with Gasteiger partial charge in [0.15, 0.2) is 0 Å². The molecule has 80 valence electrons. The minimum atomic E-state index is 0.0578. The zero-order chi connectivity index (χ0) is 10.2. The summed E-state index contributed by atoms with van der Waals surface area (Å²) in [4.78, 5) is 11.5. The van der Waals surface area contributed by atoms with Gasteiger partial charge in [0, 0.05) is 5.41 Å². The summed E-state index contributed by atoms with van der Waals surface area (Å²) >= 11 is 0. The van der Waals surface area contributed by atoms with E-state index in [0.717, 1.165) is 12.3 Å². The largest absolute Gasteiger partial charge is 0.465 e. The third-order valence-electron chi connectivity index (χ3n) is 3.99. The standard InChI is InChI=1S/C12H20O2/c1-3-4-9-5-6-10-11(13)14-8-12(10,2)7-9/h9-10H,3-8H2,1-2H3. The number of hydrogen-bond acceptors (Lipinski definition) is 2. The fraction of sp³-hybridized carbons (Fsp3) is 0.917. The van der Waals surface area contributed by atoms with Crippen LogP contribution < -0.4 is 0 Å². The van der Waals surface area contributed by atoms with E-state index in [1.54, 1.807) is 0 Å². The van der Waals surface area contributed by atoms with Gasteiger partial charge in [-0.05, 0) is 25.2 Å². The molecule has 2 rings (SSSR count). The van der Waals surface area contributed by atoms with Gasteiger partial charge in [-0.1, -0.05) is 26.7 Å². The highest BCUT2D eigenvalue weighted by atomic mass is 16.5. The summed E-state index contributed by atoms with van der Waals surface area (Å²) in [6.07, 6.45) is 6.05. The van der Waals surface area contributed by atoms with E-state index in [1.807, 2.05) is 0 Å². The number of hydrogen-bond donors (Lipinski definition) is 0. The van der Waals surface area contributed by atoms with Crippen molar-refractivity contribution >= 4 is 5.97 Å². The maximum atomic E-state index is 11.5. The van der Waals surface area contributed by atoms with Crippen LogP contribution in [-0.2, 0) is 9.53 Å². The molecule has 1 heterocycles. The first-order valence-electron chi connectivity index (χ1n) is 5.82. The average Bonchev–Trinajstić information content (AvgIpc) is 2.43. The third kappa shape index (κ3) is 1.55. The second-order valence-electron chi connectivity index (χ2n) is 5.25. The Morgan fingerprint density at radius 2 is 2.29 bits per heavy atom. The quantitative estimate of drug-likeness (QED) is 0.635. The van der Waals surface area contributed by atoms with E-state index in [2.05, 4.69) is 13.8 Å². The van der Waals surface area contributed by atoms with Crippen molar-refractivity contribution in [3.63, 3.8) is 0 Å². The van der Waals surface area contributed by atoms with Crippen LogP contribution in [0.15, 0.2) is 0 Å². The predicted octanol–water partition coefficient (Wildman–Crippen LogP) is 2.77. The van der Waals surface area contributed by atoms with Crippen LogP contribution in [0.4, 0.5) is 0 Å². The van der Waals surface area contributed by atoms with E-state index in [0.29, 0.717) is 6.61 Å².